The largest absolute Gasteiger partial charge is 0.510 e. The molecule has 1 aliphatic rings. The van der Waals surface area contributed by atoms with Crippen molar-refractivity contribution < 1.29 is 61.5 Å². The maximum atomic E-state index is 15.1. The number of pyridine rings is 1. The molecular formula is C51H51FN12O12. The van der Waals surface area contributed by atoms with Crippen LogP contribution in [0.15, 0.2) is 102 Å². The van der Waals surface area contributed by atoms with E-state index in [2.05, 4.69) is 41.8 Å². The zero-order valence-electron chi connectivity index (χ0n) is 40.8. The third kappa shape index (κ3) is 14.4. The Kier molecular flexibility index (Phi) is 17.9. The fraction of sp³-hybridized carbons (Fsp3) is 0.255. The van der Waals surface area contributed by atoms with Gasteiger partial charge in [-0.3, -0.25) is 48.2 Å². The Morgan fingerprint density at radius 2 is 1.49 bits per heavy atom. The molecule has 3 aromatic carbocycles. The van der Waals surface area contributed by atoms with Crippen LogP contribution in [-0.2, 0) is 62.8 Å². The smallest absolute Gasteiger partial charge is 0.429 e. The number of aromatic nitrogens is 4. The van der Waals surface area contributed by atoms with Gasteiger partial charge in [-0.05, 0) is 55.2 Å². The van der Waals surface area contributed by atoms with Gasteiger partial charge in [0.1, 0.15) is 18.5 Å². The van der Waals surface area contributed by atoms with E-state index in [9.17, 15) is 43.2 Å². The number of nitrogens with two attached hydrogens (primary N) is 2. The number of amides is 7. The van der Waals surface area contributed by atoms with Gasteiger partial charge in [0.05, 0.1) is 36.9 Å². The van der Waals surface area contributed by atoms with Crippen LogP contribution in [-0.4, -0.2) is 110 Å². The van der Waals surface area contributed by atoms with Gasteiger partial charge in [-0.2, -0.15) is 5.10 Å². The summed E-state index contributed by atoms with van der Waals surface area (Å²) in [7, 11) is 0. The quantitative estimate of drug-likeness (QED) is 0.0151. The standard InChI is InChI=1S/C51H51FN12O12/c1-29(65)34-19-35(37(52)20-38(34)53)47-46-48(76-62-49(46)54)36(22-57-47)32-21-59-63(26-32)28-75-51(73)74-27-31-11-13-33(14-12-31)60-42(68)25-58-50(72)39(18-30-8-4-2-5-9-30)61-43(69)24-56-41(67)23-55-40(66)10-6-3-7-17-64-44(70)15-16-45(64)71/h2,4-5,8-9,11-16,19-22,26,39H,3,6-7,10,17-18,23-25,27-28,53H2,1H3,(H2,54,62)(H,55,66)(H,56,67)(H,58,72)(H,60,68)(H,61,69)/t39-/m0/s1. The molecule has 0 unspecified atom stereocenters. The second kappa shape index (κ2) is 25.2. The van der Waals surface area contributed by atoms with Crippen LogP contribution in [0, 0.1) is 5.82 Å². The molecular weight excluding hydrogens is 992 g/mol. The number of Topliss-reactive ketones (excluding diaryl/α,β-unsaturated/α-hetero) is 1. The van der Waals surface area contributed by atoms with Gasteiger partial charge >= 0.3 is 6.16 Å². The van der Waals surface area contributed by atoms with Crippen molar-refractivity contribution in [3.63, 3.8) is 0 Å². The van der Waals surface area contributed by atoms with Gasteiger partial charge in [-0.15, -0.1) is 0 Å². The number of unbranched alkanes of at least 4 members (excludes halogenated alkanes) is 2. The summed E-state index contributed by atoms with van der Waals surface area (Å²) in [6.07, 6.45) is 7.51. The number of carbonyl (C=O) groups excluding carboxylic acids is 9. The van der Waals surface area contributed by atoms with E-state index in [1.54, 1.807) is 54.6 Å². The molecule has 24 nitrogen and oxygen atoms in total. The molecule has 1 aliphatic heterocycles. The zero-order valence-corrected chi connectivity index (χ0v) is 40.8. The molecule has 7 amide bonds. The SMILES string of the molecule is CC(=O)c1cc(-c2ncc(-c3cnn(COC(=O)OCc4ccc(NC(=O)CNC(=O)[C@H](Cc5ccccc5)NC(=O)CNC(=O)CNC(=O)CCCCCN5C(=O)C=CC5=O)cc4)c3)c3onc(N)c23)c(F)cc1N. The molecule has 0 fully saturated rings. The van der Waals surface area contributed by atoms with Crippen molar-refractivity contribution in [3.05, 3.63) is 120 Å². The molecule has 0 aliphatic carbocycles. The highest BCUT2D eigenvalue weighted by Gasteiger charge is 2.26. The Hall–Kier alpha value is -9.81. The lowest BCUT2D eigenvalue weighted by Crippen LogP contribution is -2.52. The number of nitrogens with zero attached hydrogens (tertiary/aromatic N) is 5. The Morgan fingerprint density at radius 1 is 0.776 bits per heavy atom. The maximum absolute atomic E-state index is 15.1. The molecule has 0 spiro atoms. The van der Waals surface area contributed by atoms with Crippen molar-refractivity contribution >= 4 is 81.5 Å². The van der Waals surface area contributed by atoms with Crippen LogP contribution in [0.25, 0.3) is 33.4 Å². The first-order valence-corrected chi connectivity index (χ1v) is 23.6. The number of ether oxygens (including phenoxy) is 2. The summed E-state index contributed by atoms with van der Waals surface area (Å²) >= 11 is 0. The van der Waals surface area contributed by atoms with Gasteiger partial charge in [-0.1, -0.05) is 54.0 Å². The zero-order chi connectivity index (χ0) is 54.3. The van der Waals surface area contributed by atoms with Gasteiger partial charge in [0.15, 0.2) is 23.9 Å². The van der Waals surface area contributed by atoms with Crippen LogP contribution in [0.4, 0.5) is 26.4 Å². The topological polar surface area (TPSA) is 344 Å². The summed E-state index contributed by atoms with van der Waals surface area (Å²) in [5, 5.41) is 20.8. The number of nitrogens with one attached hydrogen (secondary N) is 5. The number of anilines is 3. The second-order valence-electron chi connectivity index (χ2n) is 17.1. The lowest BCUT2D eigenvalue weighted by atomic mass is 9.99. The number of fused-ring (bicyclic) bond motifs is 1. The van der Waals surface area contributed by atoms with E-state index in [4.69, 9.17) is 25.5 Å². The molecule has 0 bridgehead atoms. The summed E-state index contributed by atoms with van der Waals surface area (Å²) in [6, 6.07) is 16.3. The van der Waals surface area contributed by atoms with Crippen molar-refractivity contribution in [2.75, 3.05) is 43.0 Å². The molecule has 0 saturated heterocycles. The number of imide groups is 1. The summed E-state index contributed by atoms with van der Waals surface area (Å²) in [5.41, 5.74) is 14.7. The van der Waals surface area contributed by atoms with E-state index in [1.807, 2.05) is 0 Å². The Labute approximate surface area is 431 Å². The predicted molar refractivity (Wildman–Crippen MR) is 269 cm³/mol. The first-order valence-electron chi connectivity index (χ1n) is 23.6. The second-order valence-corrected chi connectivity index (χ2v) is 17.1. The number of rotatable bonds is 24. The predicted octanol–water partition coefficient (Wildman–Crippen LogP) is 3.07. The van der Waals surface area contributed by atoms with Crippen LogP contribution in [0.3, 0.4) is 0 Å². The van der Waals surface area contributed by atoms with Crippen LogP contribution >= 0.6 is 0 Å². The van der Waals surface area contributed by atoms with Crippen molar-refractivity contribution in [2.45, 2.75) is 58.4 Å². The average Bonchev–Trinajstić information content (AvgIpc) is 4.15. The van der Waals surface area contributed by atoms with E-state index in [-0.39, 0.29) is 89.6 Å². The number of halogens is 1. The summed E-state index contributed by atoms with van der Waals surface area (Å²) in [6.45, 7) is -0.343. The van der Waals surface area contributed by atoms with Crippen LogP contribution in [0.2, 0.25) is 0 Å². The number of hydrogen-bond acceptors (Lipinski definition) is 17. The molecule has 0 radical (unpaired) electrons. The molecule has 4 heterocycles. The Morgan fingerprint density at radius 3 is 2.22 bits per heavy atom. The Balaban J connectivity index is 0.815. The number of benzene rings is 3. The van der Waals surface area contributed by atoms with Gasteiger partial charge < -0.3 is 52.0 Å². The minimum Gasteiger partial charge on any atom is -0.429 e. The molecule has 9 N–H and O–H groups in total. The number of hydrogen-bond donors (Lipinski definition) is 7. The average molecular weight is 1040 g/mol. The highest BCUT2D eigenvalue weighted by molar-refractivity contribution is 6.13. The van der Waals surface area contributed by atoms with E-state index >= 15 is 4.39 Å². The van der Waals surface area contributed by atoms with Crippen LogP contribution in [0.1, 0.15) is 54.1 Å². The highest BCUT2D eigenvalue weighted by Crippen LogP contribution is 2.38. The van der Waals surface area contributed by atoms with E-state index < -0.39 is 67.2 Å². The van der Waals surface area contributed by atoms with Crippen molar-refractivity contribution in [2.24, 2.45) is 0 Å². The summed E-state index contributed by atoms with van der Waals surface area (Å²) in [5.74, 6) is -4.91. The lowest BCUT2D eigenvalue weighted by molar-refractivity contribution is -0.137. The number of carbonyl (C=O) groups is 9. The molecule has 1 atom stereocenters. The van der Waals surface area contributed by atoms with Crippen molar-refractivity contribution in [1.82, 2.24) is 46.1 Å². The molecule has 7 rings (SSSR count). The molecule has 3 aromatic heterocycles. The molecule has 6 aromatic rings. The lowest BCUT2D eigenvalue weighted by Gasteiger charge is -2.19. The van der Waals surface area contributed by atoms with Crippen LogP contribution in [0.5, 0.6) is 0 Å². The van der Waals surface area contributed by atoms with Gasteiger partial charge in [0.2, 0.25) is 29.5 Å². The Bertz CT molecular complexity index is 3200. The number of ketones is 1. The first-order chi connectivity index (χ1) is 36.5. The molecule has 76 heavy (non-hydrogen) atoms. The molecule has 25 heteroatoms. The van der Waals surface area contributed by atoms with Crippen molar-refractivity contribution in [3.8, 4) is 22.4 Å². The number of nitrogen functional groups attached to an aromatic ring is 2. The molecule has 394 valence electrons. The third-order valence-corrected chi connectivity index (χ3v) is 11.6. The van der Waals surface area contributed by atoms with E-state index in [0.717, 1.165) is 11.0 Å². The first kappa shape index (κ1) is 54.0. The normalized spacial score (nSPS) is 12.3. The summed E-state index contributed by atoms with van der Waals surface area (Å²) in [4.78, 5) is 117. The maximum Gasteiger partial charge on any atom is 0.510 e. The van der Waals surface area contributed by atoms with Crippen LogP contribution < -0.4 is 38.1 Å². The van der Waals surface area contributed by atoms with Gasteiger partial charge in [0, 0.05) is 77.6 Å². The van der Waals surface area contributed by atoms with Gasteiger partial charge in [-0.25, -0.2) is 13.9 Å². The fourth-order valence-electron chi connectivity index (χ4n) is 7.71. The van der Waals surface area contributed by atoms with E-state index in [1.165, 1.54) is 48.4 Å². The monoisotopic (exact) mass is 1040 g/mol. The van der Waals surface area contributed by atoms with Crippen molar-refractivity contribution in [1.29, 1.82) is 0 Å². The molecule has 0 saturated carbocycles. The fourth-order valence-corrected chi connectivity index (χ4v) is 7.71. The van der Waals surface area contributed by atoms with Gasteiger partial charge in [0.25, 0.3) is 11.8 Å². The summed E-state index contributed by atoms with van der Waals surface area (Å²) < 4.78 is 32.4. The van der Waals surface area contributed by atoms with E-state index in [0.29, 0.717) is 47.2 Å². The highest BCUT2D eigenvalue weighted by atomic mass is 19.1. The minimum absolute atomic E-state index is 0.0286. The minimum atomic E-state index is -1.13. The third-order valence-electron chi connectivity index (χ3n) is 11.6.